The highest BCUT2D eigenvalue weighted by Crippen LogP contribution is 2.35. The van der Waals surface area contributed by atoms with Crippen LogP contribution in [0.3, 0.4) is 0 Å². The number of phenols is 1. The third-order valence-electron chi connectivity index (χ3n) is 9.21. The summed E-state index contributed by atoms with van der Waals surface area (Å²) in [5.41, 5.74) is 7.08. The monoisotopic (exact) mass is 539 g/mol. The number of nitrogens with zero attached hydrogens (tertiary/aromatic N) is 5. The first-order valence-electron chi connectivity index (χ1n) is 14.6. The first kappa shape index (κ1) is 25.3. The number of hydrogen-bond donors (Lipinski definition) is 3. The van der Waals surface area contributed by atoms with Crippen LogP contribution < -0.4 is 0 Å². The van der Waals surface area contributed by atoms with E-state index in [0.29, 0.717) is 25.0 Å². The quantitative estimate of drug-likeness (QED) is 0.343. The van der Waals surface area contributed by atoms with E-state index < -0.39 is 0 Å². The van der Waals surface area contributed by atoms with E-state index in [4.69, 9.17) is 4.98 Å². The highest BCUT2D eigenvalue weighted by Gasteiger charge is 2.46. The Bertz CT molecular complexity index is 1590. The zero-order valence-corrected chi connectivity index (χ0v) is 23.4. The number of rotatable bonds is 6. The van der Waals surface area contributed by atoms with E-state index in [0.717, 1.165) is 89.4 Å². The van der Waals surface area contributed by atoms with Crippen LogP contribution in [0.2, 0.25) is 0 Å². The van der Waals surface area contributed by atoms with Crippen molar-refractivity contribution in [1.29, 1.82) is 0 Å². The number of H-pyrrole nitrogens is 2. The molecule has 3 atom stereocenters. The van der Waals surface area contributed by atoms with Crippen LogP contribution in [0.5, 0.6) is 5.75 Å². The van der Waals surface area contributed by atoms with Gasteiger partial charge < -0.3 is 15.0 Å². The van der Waals surface area contributed by atoms with Gasteiger partial charge in [-0.3, -0.25) is 19.7 Å². The smallest absolute Gasteiger partial charge is 0.240 e. The largest absolute Gasteiger partial charge is 0.508 e. The summed E-state index contributed by atoms with van der Waals surface area (Å²) in [7, 11) is 2.17. The topological polar surface area (TPSA) is 104 Å². The number of carbonyl (C=O) groups is 1. The minimum Gasteiger partial charge on any atom is -0.508 e. The average Bonchev–Trinajstić information content (AvgIpc) is 3.74. The van der Waals surface area contributed by atoms with Crippen LogP contribution in [-0.4, -0.2) is 90.7 Å². The molecule has 1 unspecified atom stereocenters. The first-order chi connectivity index (χ1) is 19.4. The number of likely N-dealkylation sites (tertiary alicyclic amines) is 2. The summed E-state index contributed by atoms with van der Waals surface area (Å²) in [4.78, 5) is 29.2. The van der Waals surface area contributed by atoms with Gasteiger partial charge in [-0.15, -0.1) is 0 Å². The average molecular weight is 540 g/mol. The lowest BCUT2D eigenvalue weighted by Gasteiger charge is -2.39. The molecule has 4 aromatic rings. The highest BCUT2D eigenvalue weighted by molar-refractivity contribution is 5.94. The van der Waals surface area contributed by atoms with Gasteiger partial charge in [0.2, 0.25) is 5.91 Å². The molecule has 0 spiro atoms. The second-order valence-electron chi connectivity index (χ2n) is 11.7. The lowest BCUT2D eigenvalue weighted by Crippen LogP contribution is -2.56. The maximum absolute atomic E-state index is 13.8. The molecule has 5 heterocycles. The molecule has 2 fully saturated rings. The van der Waals surface area contributed by atoms with Crippen LogP contribution in [0.1, 0.15) is 43.6 Å². The molecule has 2 aromatic heterocycles. The Morgan fingerprint density at radius 3 is 2.75 bits per heavy atom. The van der Waals surface area contributed by atoms with Crippen molar-refractivity contribution in [2.45, 2.75) is 64.2 Å². The maximum Gasteiger partial charge on any atom is 0.240 e. The number of imidazole rings is 1. The number of aromatic amines is 2. The fraction of sp³-hybridized carbons (Fsp3) is 0.452. The molecular formula is C31H37N7O2. The fourth-order valence-corrected chi connectivity index (χ4v) is 7.10. The Kier molecular flexibility index (Phi) is 6.16. The molecule has 0 saturated carbocycles. The number of hydrogen-bond acceptors (Lipinski definition) is 6. The number of aromatic hydroxyl groups is 1. The van der Waals surface area contributed by atoms with Gasteiger partial charge in [0.25, 0.3) is 0 Å². The van der Waals surface area contributed by atoms with Crippen LogP contribution in [0.15, 0.2) is 36.4 Å². The van der Waals surface area contributed by atoms with Crippen LogP contribution in [0.25, 0.3) is 33.5 Å². The van der Waals surface area contributed by atoms with Crippen molar-refractivity contribution in [2.75, 3.05) is 26.7 Å². The van der Waals surface area contributed by atoms with Crippen LogP contribution in [-0.2, 0) is 24.2 Å². The van der Waals surface area contributed by atoms with Crippen molar-refractivity contribution in [2.24, 2.45) is 0 Å². The SMILES string of the molecule is CCCN1Cc2[nH]c(-c3n[nH]c4cc(-c5ccc(O)cc5CC)ccc34)nc2CC1C(=O)N1C[C@@H]2C[C@H]1CN2C. The molecule has 9 nitrogen and oxygen atoms in total. The van der Waals surface area contributed by atoms with Crippen molar-refractivity contribution < 1.29 is 9.90 Å². The van der Waals surface area contributed by atoms with Gasteiger partial charge in [-0.25, -0.2) is 4.98 Å². The molecule has 0 aliphatic carbocycles. The van der Waals surface area contributed by atoms with Gasteiger partial charge in [0.05, 0.1) is 22.9 Å². The van der Waals surface area contributed by atoms with E-state index in [1.165, 1.54) is 0 Å². The number of piperazine rings is 1. The van der Waals surface area contributed by atoms with E-state index in [9.17, 15) is 9.90 Å². The third-order valence-corrected chi connectivity index (χ3v) is 9.21. The van der Waals surface area contributed by atoms with Gasteiger partial charge in [-0.1, -0.05) is 26.0 Å². The summed E-state index contributed by atoms with van der Waals surface area (Å²) >= 11 is 0. The molecule has 2 aromatic carbocycles. The second-order valence-corrected chi connectivity index (χ2v) is 11.7. The number of benzene rings is 2. The number of amides is 1. The van der Waals surface area contributed by atoms with Gasteiger partial charge in [-0.05, 0) is 73.8 Å². The maximum atomic E-state index is 13.8. The van der Waals surface area contributed by atoms with E-state index in [1.807, 2.05) is 12.1 Å². The zero-order valence-electron chi connectivity index (χ0n) is 23.4. The van der Waals surface area contributed by atoms with Crippen molar-refractivity contribution >= 4 is 16.8 Å². The summed E-state index contributed by atoms with van der Waals surface area (Å²) in [5.74, 6) is 1.30. The molecule has 2 bridgehead atoms. The zero-order chi connectivity index (χ0) is 27.5. The molecule has 9 heteroatoms. The number of fused-ring (bicyclic) bond motifs is 4. The first-order valence-corrected chi connectivity index (χ1v) is 14.6. The summed E-state index contributed by atoms with van der Waals surface area (Å²) in [6.45, 7) is 7.68. The highest BCUT2D eigenvalue weighted by atomic mass is 16.3. The number of carbonyl (C=O) groups excluding carboxylic acids is 1. The summed E-state index contributed by atoms with van der Waals surface area (Å²) in [6, 6.07) is 12.5. The Balaban J connectivity index is 1.17. The Hall–Kier alpha value is -3.69. The van der Waals surface area contributed by atoms with Gasteiger partial charge in [-0.2, -0.15) is 5.10 Å². The standard InChI is InChI=1S/C31H37N7O2/c1-4-10-37-17-27-26(14-28(37)31(40)38-16-20-13-21(38)15-36(20)3)32-30(33-27)29-24-8-6-19(12-25(24)34-35-29)23-9-7-22(39)11-18(23)5-2/h6-9,11-12,20-21,28,39H,4-5,10,13-17H2,1-3H3,(H,32,33)(H,34,35)/t20-,21-,28?/m0/s1. The molecule has 3 aliphatic rings. The number of nitrogens with one attached hydrogen (secondary N) is 2. The second kappa shape index (κ2) is 9.74. The normalized spacial score (nSPS) is 22.9. The van der Waals surface area contributed by atoms with Gasteiger partial charge in [0, 0.05) is 43.5 Å². The number of aromatic nitrogens is 4. The predicted octanol–water partition coefficient (Wildman–Crippen LogP) is 3.94. The molecule has 40 heavy (non-hydrogen) atoms. The van der Waals surface area contributed by atoms with Crippen molar-refractivity contribution in [1.82, 2.24) is 34.9 Å². The molecule has 2 saturated heterocycles. The Morgan fingerprint density at radius 2 is 2.00 bits per heavy atom. The summed E-state index contributed by atoms with van der Waals surface area (Å²) in [5, 5.41) is 18.8. The summed E-state index contributed by atoms with van der Waals surface area (Å²) < 4.78 is 0. The summed E-state index contributed by atoms with van der Waals surface area (Å²) in [6.07, 6.45) is 3.56. The van der Waals surface area contributed by atoms with E-state index in [2.05, 4.69) is 69.0 Å². The van der Waals surface area contributed by atoms with Gasteiger partial charge >= 0.3 is 0 Å². The number of likely N-dealkylation sites (N-methyl/N-ethyl adjacent to an activating group) is 1. The number of phenolic OH excluding ortho intramolecular Hbond substituents is 1. The van der Waals surface area contributed by atoms with Gasteiger partial charge in [0.1, 0.15) is 11.4 Å². The Morgan fingerprint density at radius 1 is 1.12 bits per heavy atom. The third kappa shape index (κ3) is 4.10. The number of aryl methyl sites for hydroxylation is 1. The molecule has 0 radical (unpaired) electrons. The minimum absolute atomic E-state index is 0.162. The minimum atomic E-state index is -0.162. The lowest BCUT2D eigenvalue weighted by atomic mass is 9.97. The van der Waals surface area contributed by atoms with Crippen molar-refractivity contribution in [3.05, 3.63) is 53.3 Å². The van der Waals surface area contributed by atoms with E-state index >= 15 is 0 Å². The lowest BCUT2D eigenvalue weighted by molar-refractivity contribution is -0.140. The molecule has 3 N–H and O–H groups in total. The predicted molar refractivity (Wildman–Crippen MR) is 155 cm³/mol. The van der Waals surface area contributed by atoms with E-state index in [1.54, 1.807) is 6.07 Å². The fourth-order valence-electron chi connectivity index (χ4n) is 7.10. The van der Waals surface area contributed by atoms with Crippen LogP contribution in [0.4, 0.5) is 0 Å². The molecule has 208 valence electrons. The van der Waals surface area contributed by atoms with Gasteiger partial charge in [0.15, 0.2) is 5.82 Å². The van der Waals surface area contributed by atoms with Crippen molar-refractivity contribution in [3.8, 4) is 28.4 Å². The molecule has 7 rings (SSSR count). The van der Waals surface area contributed by atoms with Crippen molar-refractivity contribution in [3.63, 3.8) is 0 Å². The Labute approximate surface area is 234 Å². The van der Waals surface area contributed by atoms with Crippen LogP contribution in [0, 0.1) is 0 Å². The van der Waals surface area contributed by atoms with Crippen LogP contribution >= 0.6 is 0 Å². The molecule has 3 aliphatic heterocycles. The molecule has 1 amide bonds. The molecular weight excluding hydrogens is 502 g/mol. The van der Waals surface area contributed by atoms with E-state index in [-0.39, 0.29) is 17.7 Å².